The van der Waals surface area contributed by atoms with Crippen molar-refractivity contribution in [2.45, 2.75) is 18.4 Å². The molecule has 2 aromatic rings. The number of anilines is 1. The molecule has 3 rings (SSSR count). The van der Waals surface area contributed by atoms with Gasteiger partial charge in [-0.2, -0.15) is 0 Å². The van der Waals surface area contributed by atoms with E-state index in [0.29, 0.717) is 12.8 Å². The largest absolute Gasteiger partial charge is 0.378 e. The van der Waals surface area contributed by atoms with Gasteiger partial charge in [0.05, 0.1) is 12.1 Å². The van der Waals surface area contributed by atoms with Crippen molar-refractivity contribution in [2.75, 3.05) is 18.0 Å². The van der Waals surface area contributed by atoms with Crippen molar-refractivity contribution in [1.82, 2.24) is 4.98 Å². The second-order valence-electron chi connectivity index (χ2n) is 5.28. The molecule has 0 radical (unpaired) electrons. The van der Waals surface area contributed by atoms with Gasteiger partial charge in [-0.15, -0.1) is 0 Å². The van der Waals surface area contributed by atoms with Crippen molar-refractivity contribution >= 4 is 22.6 Å². The number of aliphatic hydroxyl groups is 1. The number of β-amino-alcohol motifs (C(OH)–C–C–N with tert-alkyl or cyclic N) is 1. The van der Waals surface area contributed by atoms with Gasteiger partial charge in [-0.1, -0.05) is 18.2 Å². The van der Waals surface area contributed by atoms with Crippen molar-refractivity contribution in [3.05, 3.63) is 36.4 Å². The number of aromatic nitrogens is 1. The molecular weight excluding hydrogens is 254 g/mol. The van der Waals surface area contributed by atoms with Gasteiger partial charge in [0.25, 0.3) is 5.91 Å². The third-order valence-corrected chi connectivity index (χ3v) is 3.84. The smallest absolute Gasteiger partial charge is 0.251 e. The van der Waals surface area contributed by atoms with Crippen LogP contribution in [0.4, 0.5) is 5.82 Å². The number of piperidine rings is 1. The highest BCUT2D eigenvalue weighted by Gasteiger charge is 2.39. The van der Waals surface area contributed by atoms with Crippen molar-refractivity contribution in [3.63, 3.8) is 0 Å². The van der Waals surface area contributed by atoms with E-state index in [-0.39, 0.29) is 6.54 Å². The zero-order chi connectivity index (χ0) is 14.2. The predicted molar refractivity (Wildman–Crippen MR) is 77.3 cm³/mol. The topological polar surface area (TPSA) is 79.5 Å². The van der Waals surface area contributed by atoms with E-state index in [0.717, 1.165) is 23.3 Å². The van der Waals surface area contributed by atoms with Crippen LogP contribution >= 0.6 is 0 Å². The Bertz CT molecular complexity index is 658. The maximum absolute atomic E-state index is 11.4. The van der Waals surface area contributed by atoms with Crippen LogP contribution in [0, 0.1) is 0 Å². The summed E-state index contributed by atoms with van der Waals surface area (Å²) in [5.74, 6) is 0.103. The van der Waals surface area contributed by atoms with Crippen LogP contribution in [-0.4, -0.2) is 34.7 Å². The van der Waals surface area contributed by atoms with E-state index in [2.05, 4.69) is 4.98 Å². The monoisotopic (exact) mass is 271 g/mol. The number of pyridine rings is 1. The zero-order valence-electron chi connectivity index (χ0n) is 11.1. The first-order valence-electron chi connectivity index (χ1n) is 6.71. The Morgan fingerprint density at radius 1 is 1.30 bits per heavy atom. The van der Waals surface area contributed by atoms with Gasteiger partial charge in [-0.3, -0.25) is 4.79 Å². The highest BCUT2D eigenvalue weighted by molar-refractivity contribution is 5.84. The van der Waals surface area contributed by atoms with Gasteiger partial charge >= 0.3 is 0 Å². The highest BCUT2D eigenvalue weighted by Crippen LogP contribution is 2.26. The number of nitrogens with zero attached hydrogens (tertiary/aromatic N) is 2. The summed E-state index contributed by atoms with van der Waals surface area (Å²) >= 11 is 0. The predicted octanol–water partition coefficient (Wildman–Crippen LogP) is 1.05. The van der Waals surface area contributed by atoms with Crippen LogP contribution < -0.4 is 10.6 Å². The standard InChI is InChI=1S/C15H17N3O2/c16-14(19)15(20)8-3-9-18(10-15)13-7-6-11-4-1-2-5-12(11)17-13/h1-2,4-7,20H,3,8-10H2,(H2,16,19)/t15-/m1/s1. The summed E-state index contributed by atoms with van der Waals surface area (Å²) in [4.78, 5) is 17.9. The molecule has 1 amide bonds. The van der Waals surface area contributed by atoms with Crippen LogP contribution in [0.5, 0.6) is 0 Å². The van der Waals surface area contributed by atoms with Gasteiger partial charge in [0.15, 0.2) is 5.60 Å². The second kappa shape index (κ2) is 4.76. The quantitative estimate of drug-likeness (QED) is 0.855. The van der Waals surface area contributed by atoms with Gasteiger partial charge in [-0.25, -0.2) is 4.98 Å². The van der Waals surface area contributed by atoms with E-state index in [1.54, 1.807) is 0 Å². The van der Waals surface area contributed by atoms with Crippen LogP contribution in [0.15, 0.2) is 36.4 Å². The molecule has 1 aliphatic heterocycles. The number of amides is 1. The summed E-state index contributed by atoms with van der Waals surface area (Å²) < 4.78 is 0. The molecule has 1 aliphatic rings. The maximum Gasteiger partial charge on any atom is 0.251 e. The van der Waals surface area contributed by atoms with E-state index in [1.807, 2.05) is 41.3 Å². The van der Waals surface area contributed by atoms with E-state index in [4.69, 9.17) is 5.73 Å². The summed E-state index contributed by atoms with van der Waals surface area (Å²) in [6.07, 6.45) is 1.13. The minimum Gasteiger partial charge on any atom is -0.378 e. The lowest BCUT2D eigenvalue weighted by atomic mass is 9.92. The summed E-state index contributed by atoms with van der Waals surface area (Å²) in [5, 5.41) is 11.3. The first-order chi connectivity index (χ1) is 9.58. The maximum atomic E-state index is 11.4. The van der Waals surface area contributed by atoms with Crippen LogP contribution in [0.2, 0.25) is 0 Å². The number of para-hydroxylation sites is 1. The lowest BCUT2D eigenvalue weighted by Crippen LogP contribution is -2.56. The van der Waals surface area contributed by atoms with Crippen molar-refractivity contribution in [3.8, 4) is 0 Å². The summed E-state index contributed by atoms with van der Waals surface area (Å²) in [6, 6.07) is 11.8. The van der Waals surface area contributed by atoms with Crippen LogP contribution in [0.1, 0.15) is 12.8 Å². The third-order valence-electron chi connectivity index (χ3n) is 3.84. The van der Waals surface area contributed by atoms with E-state index < -0.39 is 11.5 Å². The molecule has 1 aromatic heterocycles. The molecule has 0 unspecified atom stereocenters. The first kappa shape index (κ1) is 12.9. The van der Waals surface area contributed by atoms with Crippen molar-refractivity contribution in [2.24, 2.45) is 5.73 Å². The Hall–Kier alpha value is -2.14. The molecule has 1 fully saturated rings. The van der Waals surface area contributed by atoms with Gasteiger partial charge in [0, 0.05) is 11.9 Å². The number of rotatable bonds is 2. The van der Waals surface area contributed by atoms with Gasteiger partial charge in [0.2, 0.25) is 0 Å². The number of primary amides is 1. The number of carbonyl (C=O) groups excluding carboxylic acids is 1. The fraction of sp³-hybridized carbons (Fsp3) is 0.333. The fourth-order valence-electron chi connectivity index (χ4n) is 2.66. The lowest BCUT2D eigenvalue weighted by Gasteiger charge is -2.37. The number of nitrogens with two attached hydrogens (primary N) is 1. The summed E-state index contributed by atoms with van der Waals surface area (Å²) in [5.41, 5.74) is 4.74. The Morgan fingerprint density at radius 2 is 2.10 bits per heavy atom. The number of hydrogen-bond acceptors (Lipinski definition) is 4. The molecular formula is C15H17N3O2. The molecule has 104 valence electrons. The molecule has 1 atom stereocenters. The molecule has 3 N–H and O–H groups in total. The highest BCUT2D eigenvalue weighted by atomic mass is 16.3. The van der Waals surface area contributed by atoms with Crippen LogP contribution in [0.25, 0.3) is 10.9 Å². The number of hydrogen-bond donors (Lipinski definition) is 2. The average Bonchev–Trinajstić information content (AvgIpc) is 2.46. The van der Waals surface area contributed by atoms with Crippen LogP contribution in [0.3, 0.4) is 0 Å². The SMILES string of the molecule is NC(=O)[C@@]1(O)CCCN(c2ccc3ccccc3n2)C1. The molecule has 20 heavy (non-hydrogen) atoms. The second-order valence-corrected chi connectivity index (χ2v) is 5.28. The Kier molecular flexibility index (Phi) is 3.06. The minimum absolute atomic E-state index is 0.202. The summed E-state index contributed by atoms with van der Waals surface area (Å²) in [7, 11) is 0. The Balaban J connectivity index is 1.92. The Morgan fingerprint density at radius 3 is 2.90 bits per heavy atom. The molecule has 2 heterocycles. The van der Waals surface area contributed by atoms with Gasteiger partial charge in [-0.05, 0) is 31.0 Å². The molecule has 0 saturated carbocycles. The van der Waals surface area contributed by atoms with E-state index in [1.165, 1.54) is 0 Å². The third kappa shape index (κ3) is 2.20. The summed E-state index contributed by atoms with van der Waals surface area (Å²) in [6.45, 7) is 0.967. The molecule has 5 nitrogen and oxygen atoms in total. The molecule has 5 heteroatoms. The lowest BCUT2D eigenvalue weighted by molar-refractivity contribution is -0.137. The fourth-order valence-corrected chi connectivity index (χ4v) is 2.66. The van der Waals surface area contributed by atoms with Crippen molar-refractivity contribution in [1.29, 1.82) is 0 Å². The van der Waals surface area contributed by atoms with Gasteiger partial charge in [0.1, 0.15) is 5.82 Å². The molecule has 1 aromatic carbocycles. The number of carbonyl (C=O) groups is 1. The molecule has 1 saturated heterocycles. The molecule has 0 aliphatic carbocycles. The number of fused-ring (bicyclic) bond motifs is 1. The van der Waals surface area contributed by atoms with Gasteiger partial charge < -0.3 is 15.7 Å². The normalized spacial score (nSPS) is 22.9. The molecule has 0 spiro atoms. The average molecular weight is 271 g/mol. The van der Waals surface area contributed by atoms with Crippen LogP contribution in [-0.2, 0) is 4.79 Å². The van der Waals surface area contributed by atoms with E-state index >= 15 is 0 Å². The van der Waals surface area contributed by atoms with E-state index in [9.17, 15) is 9.90 Å². The first-order valence-corrected chi connectivity index (χ1v) is 6.71. The minimum atomic E-state index is -1.45. The molecule has 0 bridgehead atoms. The van der Waals surface area contributed by atoms with Crippen molar-refractivity contribution < 1.29 is 9.90 Å². The Labute approximate surface area is 117 Å². The number of benzene rings is 1. The zero-order valence-corrected chi connectivity index (χ0v) is 11.1.